The first-order valence-corrected chi connectivity index (χ1v) is 6.08. The number of nitrogens with one attached hydrogen (secondary N) is 2. The molecule has 18 heavy (non-hydrogen) atoms. The van der Waals surface area contributed by atoms with Crippen molar-refractivity contribution in [3.8, 4) is 0 Å². The molecule has 1 amide bonds. The summed E-state index contributed by atoms with van der Waals surface area (Å²) in [5, 5.41) is 15.0. The highest BCUT2D eigenvalue weighted by molar-refractivity contribution is 5.99. The van der Waals surface area contributed by atoms with Crippen LogP contribution < -0.4 is 10.6 Å². The third-order valence-corrected chi connectivity index (χ3v) is 2.66. The van der Waals surface area contributed by atoms with Crippen LogP contribution in [0.3, 0.4) is 0 Å². The fraction of sp³-hybridized carbons (Fsp3) is 0.357. The predicted octanol–water partition coefficient (Wildman–Crippen LogP) is 1.79. The van der Waals surface area contributed by atoms with Crippen LogP contribution in [-0.2, 0) is 0 Å². The molecular weight excluding hydrogens is 228 g/mol. The largest absolute Gasteiger partial charge is 0.394 e. The number of anilines is 1. The summed E-state index contributed by atoms with van der Waals surface area (Å²) < 4.78 is 0. The van der Waals surface area contributed by atoms with Gasteiger partial charge in [0.25, 0.3) is 5.91 Å². The Morgan fingerprint density at radius 1 is 1.50 bits per heavy atom. The van der Waals surface area contributed by atoms with Gasteiger partial charge in [-0.25, -0.2) is 0 Å². The molecule has 1 atom stereocenters. The molecule has 98 valence electrons. The number of aliphatic hydroxyl groups is 1. The molecule has 0 aromatic heterocycles. The summed E-state index contributed by atoms with van der Waals surface area (Å²) in [6.07, 6.45) is 2.43. The lowest BCUT2D eigenvalue weighted by atomic mass is 10.1. The zero-order valence-corrected chi connectivity index (χ0v) is 10.6. The van der Waals surface area contributed by atoms with E-state index in [0.29, 0.717) is 18.5 Å². The zero-order valence-electron chi connectivity index (χ0n) is 10.6. The van der Waals surface area contributed by atoms with E-state index in [2.05, 4.69) is 17.2 Å². The maximum absolute atomic E-state index is 12.1. The highest BCUT2D eigenvalue weighted by Crippen LogP contribution is 2.14. The molecule has 0 radical (unpaired) electrons. The third-order valence-electron chi connectivity index (χ3n) is 2.66. The molecule has 0 fully saturated rings. The van der Waals surface area contributed by atoms with Gasteiger partial charge < -0.3 is 15.7 Å². The first-order chi connectivity index (χ1) is 8.72. The highest BCUT2D eigenvalue weighted by atomic mass is 16.3. The number of hydrogen-bond acceptors (Lipinski definition) is 3. The average molecular weight is 248 g/mol. The number of amides is 1. The Balaban J connectivity index is 2.80. The van der Waals surface area contributed by atoms with Gasteiger partial charge in [0.2, 0.25) is 0 Å². The lowest BCUT2D eigenvalue weighted by molar-refractivity contribution is 0.0916. The number of carbonyl (C=O) groups excluding carboxylic acids is 1. The Hall–Kier alpha value is -1.81. The molecule has 0 saturated heterocycles. The van der Waals surface area contributed by atoms with Crippen molar-refractivity contribution in [1.82, 2.24) is 5.32 Å². The quantitative estimate of drug-likeness (QED) is 0.645. The third kappa shape index (κ3) is 3.89. The molecule has 0 heterocycles. The second-order valence-corrected chi connectivity index (χ2v) is 3.98. The second-order valence-electron chi connectivity index (χ2n) is 3.98. The Kier molecular flexibility index (Phi) is 5.94. The molecule has 0 bridgehead atoms. The van der Waals surface area contributed by atoms with Crippen LogP contribution in [0.25, 0.3) is 0 Å². The van der Waals surface area contributed by atoms with Gasteiger partial charge >= 0.3 is 0 Å². The van der Waals surface area contributed by atoms with Crippen molar-refractivity contribution >= 4 is 11.6 Å². The molecule has 4 heteroatoms. The van der Waals surface area contributed by atoms with Gasteiger partial charge in [-0.2, -0.15) is 0 Å². The van der Waals surface area contributed by atoms with Gasteiger partial charge in [-0.05, 0) is 18.6 Å². The second kappa shape index (κ2) is 7.50. The Morgan fingerprint density at radius 3 is 2.83 bits per heavy atom. The topological polar surface area (TPSA) is 61.4 Å². The summed E-state index contributed by atoms with van der Waals surface area (Å²) in [5.74, 6) is -0.178. The lowest BCUT2D eigenvalue weighted by Gasteiger charge is -2.16. The van der Waals surface area contributed by atoms with E-state index in [1.807, 2.05) is 25.1 Å². The van der Waals surface area contributed by atoms with E-state index in [-0.39, 0.29) is 18.6 Å². The number of carbonyl (C=O) groups is 1. The van der Waals surface area contributed by atoms with E-state index < -0.39 is 0 Å². The van der Waals surface area contributed by atoms with E-state index in [1.165, 1.54) is 0 Å². The van der Waals surface area contributed by atoms with Crippen molar-refractivity contribution in [2.45, 2.75) is 19.4 Å². The van der Waals surface area contributed by atoms with Crippen LogP contribution in [0.4, 0.5) is 5.69 Å². The first-order valence-electron chi connectivity index (χ1n) is 6.08. The van der Waals surface area contributed by atoms with Gasteiger partial charge in [0.15, 0.2) is 0 Å². The molecule has 0 spiro atoms. The van der Waals surface area contributed by atoms with Gasteiger partial charge in [0.05, 0.1) is 18.2 Å². The number of hydrogen-bond donors (Lipinski definition) is 3. The Morgan fingerprint density at radius 2 is 2.22 bits per heavy atom. The van der Waals surface area contributed by atoms with E-state index in [0.717, 1.165) is 5.69 Å². The summed E-state index contributed by atoms with van der Waals surface area (Å²) in [5.41, 5.74) is 1.34. The van der Waals surface area contributed by atoms with Crippen molar-refractivity contribution in [1.29, 1.82) is 0 Å². The molecule has 3 N–H and O–H groups in total. The van der Waals surface area contributed by atoms with Gasteiger partial charge in [0.1, 0.15) is 0 Å². The van der Waals surface area contributed by atoms with Crippen LogP contribution in [0.5, 0.6) is 0 Å². The smallest absolute Gasteiger partial charge is 0.253 e. The van der Waals surface area contributed by atoms with E-state index in [9.17, 15) is 4.79 Å². The van der Waals surface area contributed by atoms with Crippen LogP contribution in [-0.4, -0.2) is 30.2 Å². The normalized spacial score (nSPS) is 11.7. The van der Waals surface area contributed by atoms with E-state index >= 15 is 0 Å². The van der Waals surface area contributed by atoms with Gasteiger partial charge in [0, 0.05) is 12.2 Å². The van der Waals surface area contributed by atoms with Crippen molar-refractivity contribution in [2.75, 3.05) is 18.5 Å². The minimum atomic E-state index is -0.204. The van der Waals surface area contributed by atoms with Crippen molar-refractivity contribution in [3.63, 3.8) is 0 Å². The summed E-state index contributed by atoms with van der Waals surface area (Å²) in [6.45, 7) is 6.10. The summed E-state index contributed by atoms with van der Waals surface area (Å²) in [7, 11) is 0. The molecule has 1 aromatic rings. The van der Waals surface area contributed by atoms with Crippen molar-refractivity contribution < 1.29 is 9.90 Å². The molecule has 0 aliphatic heterocycles. The fourth-order valence-corrected chi connectivity index (χ4v) is 1.56. The van der Waals surface area contributed by atoms with Crippen LogP contribution in [0.1, 0.15) is 23.7 Å². The maximum atomic E-state index is 12.1. The number of para-hydroxylation sites is 1. The molecule has 1 unspecified atom stereocenters. The monoisotopic (exact) mass is 248 g/mol. The molecule has 0 aliphatic rings. The highest BCUT2D eigenvalue weighted by Gasteiger charge is 2.13. The molecule has 1 rings (SSSR count). The van der Waals surface area contributed by atoms with Gasteiger partial charge in [-0.3, -0.25) is 4.79 Å². The first kappa shape index (κ1) is 14.3. The molecule has 1 aromatic carbocycles. The number of rotatable bonds is 7. The number of benzene rings is 1. The van der Waals surface area contributed by atoms with Crippen molar-refractivity contribution in [2.24, 2.45) is 0 Å². The van der Waals surface area contributed by atoms with E-state index in [1.54, 1.807) is 12.1 Å². The standard InChI is InChI=1S/C14H20N2O2/c1-3-9-15-13-8-6-5-7-12(13)14(18)16-11(4-2)10-17/h3,5-8,11,15,17H,1,4,9-10H2,2H3,(H,16,18). The van der Waals surface area contributed by atoms with Crippen LogP contribution >= 0.6 is 0 Å². The zero-order chi connectivity index (χ0) is 13.4. The molecule has 0 saturated carbocycles. The van der Waals surface area contributed by atoms with Crippen molar-refractivity contribution in [3.05, 3.63) is 42.5 Å². The SMILES string of the molecule is C=CCNc1ccccc1C(=O)NC(CC)CO. The van der Waals surface area contributed by atoms with Crippen LogP contribution in [0, 0.1) is 0 Å². The Bertz CT molecular complexity index is 401. The Labute approximate surface area is 108 Å². The van der Waals surface area contributed by atoms with Gasteiger partial charge in [-0.1, -0.05) is 25.1 Å². The van der Waals surface area contributed by atoms with E-state index in [4.69, 9.17) is 5.11 Å². The summed E-state index contributed by atoms with van der Waals surface area (Å²) in [6, 6.07) is 7.08. The molecular formula is C14H20N2O2. The minimum Gasteiger partial charge on any atom is -0.394 e. The lowest BCUT2D eigenvalue weighted by Crippen LogP contribution is -2.37. The van der Waals surface area contributed by atoms with Crippen LogP contribution in [0.15, 0.2) is 36.9 Å². The molecule has 0 aliphatic carbocycles. The minimum absolute atomic E-state index is 0.0511. The maximum Gasteiger partial charge on any atom is 0.253 e. The van der Waals surface area contributed by atoms with Gasteiger partial charge in [-0.15, -0.1) is 6.58 Å². The summed E-state index contributed by atoms with van der Waals surface area (Å²) in [4.78, 5) is 12.1. The summed E-state index contributed by atoms with van der Waals surface area (Å²) >= 11 is 0. The predicted molar refractivity (Wildman–Crippen MR) is 73.8 cm³/mol. The fourth-order valence-electron chi connectivity index (χ4n) is 1.56. The average Bonchev–Trinajstić information content (AvgIpc) is 2.42. The number of aliphatic hydroxyl groups excluding tert-OH is 1. The molecule has 4 nitrogen and oxygen atoms in total. The van der Waals surface area contributed by atoms with Crippen LogP contribution in [0.2, 0.25) is 0 Å².